The summed E-state index contributed by atoms with van der Waals surface area (Å²) in [5.41, 5.74) is 1.27. The number of ketones is 1. The van der Waals surface area contributed by atoms with E-state index in [4.69, 9.17) is 0 Å². The molecule has 0 amide bonds. The van der Waals surface area contributed by atoms with Gasteiger partial charge in [0.05, 0.1) is 6.42 Å². The van der Waals surface area contributed by atoms with Crippen molar-refractivity contribution in [3.05, 3.63) is 29.8 Å². The summed E-state index contributed by atoms with van der Waals surface area (Å²) in [5, 5.41) is 3.56. The van der Waals surface area contributed by atoms with Gasteiger partial charge in [0.15, 0.2) is 0 Å². The van der Waals surface area contributed by atoms with Gasteiger partial charge in [-0.15, -0.1) is 0 Å². The van der Waals surface area contributed by atoms with Gasteiger partial charge >= 0.3 is 6.18 Å². The lowest BCUT2D eigenvalue weighted by Gasteiger charge is -2.01. The highest BCUT2D eigenvalue weighted by molar-refractivity contribution is 5.85. The van der Waals surface area contributed by atoms with Gasteiger partial charge in [0.25, 0.3) is 0 Å². The van der Waals surface area contributed by atoms with Crippen LogP contribution in [0.2, 0.25) is 0 Å². The largest absolute Gasteiger partial charge is 0.450 e. The molecule has 0 fully saturated rings. The van der Waals surface area contributed by atoms with Crippen molar-refractivity contribution in [1.29, 1.82) is 0 Å². The van der Waals surface area contributed by atoms with Crippen molar-refractivity contribution >= 4 is 5.78 Å². The van der Waals surface area contributed by atoms with Crippen LogP contribution in [-0.2, 0) is 17.6 Å². The van der Waals surface area contributed by atoms with E-state index >= 15 is 0 Å². The molecule has 2 rings (SSSR count). The van der Waals surface area contributed by atoms with Crippen molar-refractivity contribution in [2.75, 3.05) is 0 Å². The summed E-state index contributed by atoms with van der Waals surface area (Å²) < 4.78 is 41.1. The first-order valence-corrected chi connectivity index (χ1v) is 5.78. The molecule has 2 aromatic rings. The van der Waals surface area contributed by atoms with Crippen molar-refractivity contribution in [3.8, 4) is 11.5 Å². The van der Waals surface area contributed by atoms with Crippen LogP contribution < -0.4 is 0 Å². The SMILES string of the molecule is CCc1cccnc1-c1noc(CC(=O)C(F)(F)F)n1. The van der Waals surface area contributed by atoms with Gasteiger partial charge in [-0.25, -0.2) is 0 Å². The van der Waals surface area contributed by atoms with Gasteiger partial charge in [0.2, 0.25) is 17.5 Å². The Bertz CT molecular complexity index is 622. The molecule has 106 valence electrons. The van der Waals surface area contributed by atoms with Gasteiger partial charge in [-0.3, -0.25) is 9.78 Å². The van der Waals surface area contributed by atoms with Crippen LogP contribution in [0.5, 0.6) is 0 Å². The zero-order chi connectivity index (χ0) is 14.8. The number of aromatic nitrogens is 3. The number of pyridine rings is 1. The molecular formula is C12H10F3N3O2. The molecule has 0 aromatic carbocycles. The highest BCUT2D eigenvalue weighted by Gasteiger charge is 2.39. The molecule has 2 heterocycles. The first-order chi connectivity index (χ1) is 9.41. The van der Waals surface area contributed by atoms with Gasteiger partial charge in [-0.1, -0.05) is 18.1 Å². The van der Waals surface area contributed by atoms with Gasteiger partial charge < -0.3 is 4.52 Å². The molecule has 2 aromatic heterocycles. The maximum atomic E-state index is 12.1. The van der Waals surface area contributed by atoms with Crippen molar-refractivity contribution < 1.29 is 22.5 Å². The average Bonchev–Trinajstić information content (AvgIpc) is 2.86. The second-order valence-electron chi connectivity index (χ2n) is 3.97. The predicted octanol–water partition coefficient (Wildman–Crippen LogP) is 2.37. The molecule has 0 bridgehead atoms. The average molecular weight is 285 g/mol. The van der Waals surface area contributed by atoms with E-state index in [0.717, 1.165) is 5.56 Å². The van der Waals surface area contributed by atoms with Crippen molar-refractivity contribution in [1.82, 2.24) is 15.1 Å². The summed E-state index contributed by atoms with van der Waals surface area (Å²) in [5.74, 6) is -2.23. The maximum absolute atomic E-state index is 12.1. The third-order valence-electron chi connectivity index (χ3n) is 2.58. The number of hydrogen-bond donors (Lipinski definition) is 0. The molecule has 0 unspecified atom stereocenters. The zero-order valence-electron chi connectivity index (χ0n) is 10.4. The van der Waals surface area contributed by atoms with E-state index in [9.17, 15) is 18.0 Å². The normalized spacial score (nSPS) is 11.6. The molecule has 0 atom stereocenters. The number of halogens is 3. The number of aryl methyl sites for hydroxylation is 1. The van der Waals surface area contributed by atoms with Crippen LogP contribution in [0.4, 0.5) is 13.2 Å². The Kier molecular flexibility index (Phi) is 3.82. The van der Waals surface area contributed by atoms with Gasteiger partial charge in [0, 0.05) is 6.20 Å². The minimum Gasteiger partial charge on any atom is -0.338 e. The highest BCUT2D eigenvalue weighted by atomic mass is 19.4. The van der Waals surface area contributed by atoms with Crippen LogP contribution in [0, 0.1) is 0 Å². The second kappa shape index (κ2) is 5.40. The van der Waals surface area contributed by atoms with E-state index in [-0.39, 0.29) is 11.7 Å². The van der Waals surface area contributed by atoms with Crippen LogP contribution >= 0.6 is 0 Å². The lowest BCUT2D eigenvalue weighted by Crippen LogP contribution is -2.24. The smallest absolute Gasteiger partial charge is 0.338 e. The standard InChI is InChI=1S/C12H10F3N3O2/c1-2-7-4-3-5-16-10(7)11-17-9(20-18-11)6-8(19)12(13,14)15/h3-5H,2,6H2,1H3. The fraction of sp³-hybridized carbons (Fsp3) is 0.333. The van der Waals surface area contributed by atoms with E-state index < -0.39 is 18.4 Å². The quantitative estimate of drug-likeness (QED) is 0.862. The molecule has 20 heavy (non-hydrogen) atoms. The fourth-order valence-electron chi connectivity index (χ4n) is 1.59. The minimum absolute atomic E-state index is 0.0763. The second-order valence-corrected chi connectivity index (χ2v) is 3.97. The summed E-state index contributed by atoms with van der Waals surface area (Å²) in [6.07, 6.45) is -3.70. The molecule has 0 aliphatic heterocycles. The molecule has 0 saturated heterocycles. The molecule has 0 aliphatic carbocycles. The number of carbonyl (C=O) groups is 1. The summed E-state index contributed by atoms with van der Waals surface area (Å²) in [6.45, 7) is 1.90. The van der Waals surface area contributed by atoms with Crippen LogP contribution in [0.25, 0.3) is 11.5 Å². The Morgan fingerprint density at radius 2 is 2.15 bits per heavy atom. The van der Waals surface area contributed by atoms with Crippen molar-refractivity contribution in [2.24, 2.45) is 0 Å². The minimum atomic E-state index is -4.91. The molecule has 5 nitrogen and oxygen atoms in total. The number of alkyl halides is 3. The van der Waals surface area contributed by atoms with E-state index in [2.05, 4.69) is 19.6 Å². The lowest BCUT2D eigenvalue weighted by molar-refractivity contribution is -0.170. The Morgan fingerprint density at radius 3 is 2.80 bits per heavy atom. The Morgan fingerprint density at radius 1 is 1.40 bits per heavy atom. The van der Waals surface area contributed by atoms with Gasteiger partial charge in [-0.2, -0.15) is 18.2 Å². The molecule has 0 spiro atoms. The fourth-order valence-corrected chi connectivity index (χ4v) is 1.59. The van der Waals surface area contributed by atoms with Gasteiger partial charge in [0.1, 0.15) is 5.69 Å². The van der Waals surface area contributed by atoms with Crippen LogP contribution in [-0.4, -0.2) is 27.1 Å². The predicted molar refractivity (Wildman–Crippen MR) is 61.7 cm³/mol. The zero-order valence-corrected chi connectivity index (χ0v) is 10.4. The highest BCUT2D eigenvalue weighted by Crippen LogP contribution is 2.21. The summed E-state index contributed by atoms with van der Waals surface area (Å²) >= 11 is 0. The number of carbonyl (C=O) groups excluding carboxylic acids is 1. The van der Waals surface area contributed by atoms with E-state index in [1.54, 1.807) is 12.1 Å². The third kappa shape index (κ3) is 3.01. The van der Waals surface area contributed by atoms with E-state index in [1.807, 2.05) is 6.92 Å². The molecule has 0 saturated carbocycles. The maximum Gasteiger partial charge on any atom is 0.450 e. The number of nitrogens with zero attached hydrogens (tertiary/aromatic N) is 3. The Labute approximate surface area is 111 Å². The summed E-state index contributed by atoms with van der Waals surface area (Å²) in [6, 6.07) is 3.54. The third-order valence-corrected chi connectivity index (χ3v) is 2.58. The first kappa shape index (κ1) is 14.2. The molecule has 0 aliphatic rings. The Balaban J connectivity index is 2.23. The monoisotopic (exact) mass is 285 g/mol. The molecular weight excluding hydrogens is 275 g/mol. The van der Waals surface area contributed by atoms with E-state index in [0.29, 0.717) is 12.1 Å². The first-order valence-electron chi connectivity index (χ1n) is 5.78. The van der Waals surface area contributed by atoms with Crippen LogP contribution in [0.3, 0.4) is 0 Å². The van der Waals surface area contributed by atoms with E-state index in [1.165, 1.54) is 6.20 Å². The number of rotatable bonds is 4. The molecule has 8 heteroatoms. The Hall–Kier alpha value is -2.25. The summed E-state index contributed by atoms with van der Waals surface area (Å²) in [7, 11) is 0. The van der Waals surface area contributed by atoms with Crippen LogP contribution in [0.15, 0.2) is 22.9 Å². The lowest BCUT2D eigenvalue weighted by atomic mass is 10.1. The molecule has 0 N–H and O–H groups in total. The summed E-state index contributed by atoms with van der Waals surface area (Å²) in [4.78, 5) is 18.7. The van der Waals surface area contributed by atoms with Crippen LogP contribution in [0.1, 0.15) is 18.4 Å². The number of Topliss-reactive ketones (excluding diaryl/α,β-unsaturated/α-hetero) is 1. The topological polar surface area (TPSA) is 68.9 Å². The molecule has 0 radical (unpaired) electrons. The van der Waals surface area contributed by atoms with Gasteiger partial charge in [-0.05, 0) is 18.1 Å². The van der Waals surface area contributed by atoms with Crippen molar-refractivity contribution in [2.45, 2.75) is 25.9 Å². The van der Waals surface area contributed by atoms with Crippen molar-refractivity contribution in [3.63, 3.8) is 0 Å². The number of hydrogen-bond acceptors (Lipinski definition) is 5.